The number of amides is 1. The van der Waals surface area contributed by atoms with Gasteiger partial charge in [0, 0.05) is 12.4 Å². The average Bonchev–Trinajstić information content (AvgIpc) is 3.13. The lowest BCUT2D eigenvalue weighted by Gasteiger charge is -2.01. The molecule has 1 amide bonds. The van der Waals surface area contributed by atoms with Gasteiger partial charge in [0.05, 0.1) is 16.9 Å². The number of para-hydroxylation sites is 1. The quantitative estimate of drug-likeness (QED) is 0.752. The number of ketones is 1. The van der Waals surface area contributed by atoms with Gasteiger partial charge in [0.25, 0.3) is 5.91 Å². The highest BCUT2D eigenvalue weighted by Gasteiger charge is 2.16. The highest BCUT2D eigenvalue weighted by atomic mass is 32.1. The third kappa shape index (κ3) is 2.57. The van der Waals surface area contributed by atoms with Gasteiger partial charge in [-0.05, 0) is 17.5 Å². The molecule has 0 aliphatic rings. The number of thiophene rings is 1. The lowest BCUT2D eigenvalue weighted by molar-refractivity contribution is 0.0905. The van der Waals surface area contributed by atoms with Gasteiger partial charge in [0.15, 0.2) is 0 Å². The minimum Gasteiger partial charge on any atom is -0.344 e. The van der Waals surface area contributed by atoms with Gasteiger partial charge < -0.3 is 5.32 Å². The monoisotopic (exact) mass is 299 g/mol. The molecule has 1 aromatic carbocycles. The van der Waals surface area contributed by atoms with Crippen LogP contribution in [0.4, 0.5) is 0 Å². The van der Waals surface area contributed by atoms with E-state index in [1.54, 1.807) is 23.9 Å². The summed E-state index contributed by atoms with van der Waals surface area (Å²) >= 11 is 1.34. The van der Waals surface area contributed by atoms with E-state index >= 15 is 0 Å². The van der Waals surface area contributed by atoms with Crippen molar-refractivity contribution in [2.45, 2.75) is 0 Å². The van der Waals surface area contributed by atoms with Crippen molar-refractivity contribution in [2.75, 3.05) is 6.54 Å². The van der Waals surface area contributed by atoms with Crippen molar-refractivity contribution in [1.82, 2.24) is 15.1 Å². The molecular weight excluding hydrogens is 286 g/mol. The molecule has 0 bridgehead atoms. The Morgan fingerprint density at radius 1 is 1.24 bits per heavy atom. The van der Waals surface area contributed by atoms with E-state index in [2.05, 4.69) is 10.4 Å². The van der Waals surface area contributed by atoms with Crippen molar-refractivity contribution >= 4 is 33.9 Å². The van der Waals surface area contributed by atoms with Crippen molar-refractivity contribution in [1.29, 1.82) is 0 Å². The lowest BCUT2D eigenvalue weighted by Crippen LogP contribution is -2.29. The normalized spacial score (nSPS) is 10.7. The Kier molecular flexibility index (Phi) is 3.53. The van der Waals surface area contributed by atoms with E-state index in [1.165, 1.54) is 11.3 Å². The van der Waals surface area contributed by atoms with E-state index in [0.29, 0.717) is 10.6 Å². The summed E-state index contributed by atoms with van der Waals surface area (Å²) < 4.78 is 1.67. The van der Waals surface area contributed by atoms with Gasteiger partial charge in [0.2, 0.25) is 5.78 Å². The summed E-state index contributed by atoms with van der Waals surface area (Å²) in [4.78, 5) is 24.7. The fourth-order valence-corrected chi connectivity index (χ4v) is 2.80. The van der Waals surface area contributed by atoms with E-state index < -0.39 is 0 Å². The molecule has 3 aromatic rings. The van der Waals surface area contributed by atoms with Crippen LogP contribution < -0.4 is 5.32 Å². The van der Waals surface area contributed by atoms with E-state index in [0.717, 1.165) is 10.9 Å². The molecule has 0 atom stereocenters. The summed E-state index contributed by atoms with van der Waals surface area (Å²) in [7, 11) is 1.79. The minimum absolute atomic E-state index is 0.0578. The van der Waals surface area contributed by atoms with Gasteiger partial charge in [-0.3, -0.25) is 14.3 Å². The van der Waals surface area contributed by atoms with Crippen LogP contribution in [0.15, 0.2) is 41.8 Å². The van der Waals surface area contributed by atoms with Crippen molar-refractivity contribution in [3.05, 3.63) is 52.3 Å². The zero-order chi connectivity index (χ0) is 14.8. The van der Waals surface area contributed by atoms with Gasteiger partial charge in [0.1, 0.15) is 5.69 Å². The SMILES string of the molecule is Cn1nc(C(=O)CNC(=O)c2cccs2)c2ccccc21. The summed E-state index contributed by atoms with van der Waals surface area (Å²) in [6.07, 6.45) is 0. The largest absolute Gasteiger partial charge is 0.344 e. The highest BCUT2D eigenvalue weighted by Crippen LogP contribution is 2.17. The van der Waals surface area contributed by atoms with E-state index in [1.807, 2.05) is 29.6 Å². The highest BCUT2D eigenvalue weighted by molar-refractivity contribution is 7.12. The maximum absolute atomic E-state index is 12.3. The Morgan fingerprint density at radius 2 is 2.05 bits per heavy atom. The van der Waals surface area contributed by atoms with E-state index in [4.69, 9.17) is 0 Å². The third-order valence-electron chi connectivity index (χ3n) is 3.18. The van der Waals surface area contributed by atoms with Gasteiger partial charge >= 0.3 is 0 Å². The molecule has 0 saturated heterocycles. The molecule has 5 nitrogen and oxygen atoms in total. The molecular formula is C15H13N3O2S. The maximum Gasteiger partial charge on any atom is 0.261 e. The molecule has 0 saturated carbocycles. The number of carbonyl (C=O) groups excluding carboxylic acids is 2. The van der Waals surface area contributed by atoms with Gasteiger partial charge in [-0.25, -0.2) is 0 Å². The van der Waals surface area contributed by atoms with Crippen molar-refractivity contribution in [2.24, 2.45) is 7.05 Å². The molecule has 2 aromatic heterocycles. The molecule has 106 valence electrons. The first-order valence-electron chi connectivity index (χ1n) is 6.43. The fourth-order valence-electron chi connectivity index (χ4n) is 2.16. The van der Waals surface area contributed by atoms with Crippen LogP contribution in [0.25, 0.3) is 10.9 Å². The number of fused-ring (bicyclic) bond motifs is 1. The molecule has 1 N–H and O–H groups in total. The number of hydrogen-bond donors (Lipinski definition) is 1. The Labute approximate surface area is 125 Å². The Bertz CT molecular complexity index is 806. The van der Waals surface area contributed by atoms with Crippen molar-refractivity contribution < 1.29 is 9.59 Å². The Balaban J connectivity index is 1.77. The molecule has 6 heteroatoms. The molecule has 0 fully saturated rings. The molecule has 3 rings (SSSR count). The van der Waals surface area contributed by atoms with Crippen LogP contribution in [0.2, 0.25) is 0 Å². The molecule has 0 unspecified atom stereocenters. The molecule has 2 heterocycles. The Morgan fingerprint density at radius 3 is 2.81 bits per heavy atom. The number of nitrogens with one attached hydrogen (secondary N) is 1. The molecule has 0 aliphatic carbocycles. The summed E-state index contributed by atoms with van der Waals surface area (Å²) in [5.74, 6) is -0.435. The van der Waals surface area contributed by atoms with Crippen molar-refractivity contribution in [3.8, 4) is 0 Å². The summed E-state index contributed by atoms with van der Waals surface area (Å²) in [6, 6.07) is 11.1. The second-order valence-electron chi connectivity index (χ2n) is 4.57. The lowest BCUT2D eigenvalue weighted by atomic mass is 10.1. The standard InChI is InChI=1S/C15H13N3O2S/c1-18-11-6-3-2-5-10(11)14(17-18)12(19)9-16-15(20)13-7-4-8-21-13/h2-8H,9H2,1H3,(H,16,20). The number of Topliss-reactive ketones (excluding diaryl/α,β-unsaturated/α-hetero) is 1. The van der Waals surface area contributed by atoms with Crippen LogP contribution in [0.3, 0.4) is 0 Å². The summed E-state index contributed by atoms with van der Waals surface area (Å²) in [6.45, 7) is -0.0578. The minimum atomic E-state index is -0.237. The number of aryl methyl sites for hydroxylation is 1. The second-order valence-corrected chi connectivity index (χ2v) is 5.52. The van der Waals surface area contributed by atoms with Crippen LogP contribution in [-0.4, -0.2) is 28.0 Å². The van der Waals surface area contributed by atoms with Crippen molar-refractivity contribution in [3.63, 3.8) is 0 Å². The number of benzene rings is 1. The van der Waals surface area contributed by atoms with Gasteiger partial charge in [-0.1, -0.05) is 24.3 Å². The smallest absolute Gasteiger partial charge is 0.261 e. The number of carbonyl (C=O) groups is 2. The van der Waals surface area contributed by atoms with Crippen LogP contribution in [0.1, 0.15) is 20.2 Å². The van der Waals surface area contributed by atoms with Gasteiger partial charge in [-0.2, -0.15) is 5.10 Å². The third-order valence-corrected chi connectivity index (χ3v) is 4.05. The number of aromatic nitrogens is 2. The van der Waals surface area contributed by atoms with Crippen LogP contribution in [-0.2, 0) is 7.05 Å². The fraction of sp³-hybridized carbons (Fsp3) is 0.133. The van der Waals surface area contributed by atoms with E-state index in [9.17, 15) is 9.59 Å². The first-order valence-corrected chi connectivity index (χ1v) is 7.31. The predicted octanol–water partition coefficient (Wildman–Crippen LogP) is 2.25. The topological polar surface area (TPSA) is 64.0 Å². The Hall–Kier alpha value is -2.47. The van der Waals surface area contributed by atoms with Crippen LogP contribution in [0.5, 0.6) is 0 Å². The van der Waals surface area contributed by atoms with E-state index in [-0.39, 0.29) is 18.2 Å². The number of rotatable bonds is 4. The predicted molar refractivity (Wildman–Crippen MR) is 81.7 cm³/mol. The maximum atomic E-state index is 12.3. The first kappa shape index (κ1) is 13.5. The zero-order valence-corrected chi connectivity index (χ0v) is 12.2. The zero-order valence-electron chi connectivity index (χ0n) is 11.4. The van der Waals surface area contributed by atoms with Crippen LogP contribution >= 0.6 is 11.3 Å². The molecule has 0 aliphatic heterocycles. The van der Waals surface area contributed by atoms with Gasteiger partial charge in [-0.15, -0.1) is 11.3 Å². The molecule has 21 heavy (non-hydrogen) atoms. The van der Waals surface area contributed by atoms with Crippen LogP contribution in [0, 0.1) is 0 Å². The number of nitrogens with zero attached hydrogens (tertiary/aromatic N) is 2. The summed E-state index contributed by atoms with van der Waals surface area (Å²) in [5, 5.41) is 9.50. The number of hydrogen-bond acceptors (Lipinski definition) is 4. The first-order chi connectivity index (χ1) is 10.2. The molecule has 0 spiro atoms. The summed E-state index contributed by atoms with van der Waals surface area (Å²) in [5.41, 5.74) is 1.28. The second kappa shape index (κ2) is 5.49. The average molecular weight is 299 g/mol. The molecule has 0 radical (unpaired) electrons.